The molecule has 136 valence electrons. The SMILES string of the molecule is COc1ccc2oc(C(CNC(=O)OC(C)(C)C)CC(N)=O)cc2c1. The van der Waals surface area contributed by atoms with Crippen molar-refractivity contribution in [2.75, 3.05) is 13.7 Å². The van der Waals surface area contributed by atoms with Crippen LogP contribution in [0.15, 0.2) is 28.7 Å². The number of rotatable bonds is 6. The van der Waals surface area contributed by atoms with Crippen LogP contribution >= 0.6 is 0 Å². The number of nitrogens with one attached hydrogen (secondary N) is 1. The van der Waals surface area contributed by atoms with E-state index in [0.717, 1.165) is 5.39 Å². The van der Waals surface area contributed by atoms with Gasteiger partial charge in [0.15, 0.2) is 0 Å². The first-order chi connectivity index (χ1) is 11.7. The Kier molecular flexibility index (Phi) is 5.56. The molecule has 1 heterocycles. The summed E-state index contributed by atoms with van der Waals surface area (Å²) >= 11 is 0. The van der Waals surface area contributed by atoms with Crippen LogP contribution in [0.3, 0.4) is 0 Å². The molecule has 0 bridgehead atoms. The van der Waals surface area contributed by atoms with E-state index in [1.54, 1.807) is 40.0 Å². The van der Waals surface area contributed by atoms with Gasteiger partial charge in [-0.1, -0.05) is 0 Å². The fraction of sp³-hybridized carbons (Fsp3) is 0.444. The Labute approximate surface area is 146 Å². The van der Waals surface area contributed by atoms with Crippen molar-refractivity contribution in [2.24, 2.45) is 5.73 Å². The highest BCUT2D eigenvalue weighted by molar-refractivity contribution is 5.80. The Bertz CT molecular complexity index is 760. The van der Waals surface area contributed by atoms with E-state index in [0.29, 0.717) is 17.1 Å². The number of primary amides is 1. The van der Waals surface area contributed by atoms with Gasteiger partial charge >= 0.3 is 6.09 Å². The van der Waals surface area contributed by atoms with E-state index >= 15 is 0 Å². The van der Waals surface area contributed by atoms with Gasteiger partial charge in [-0.25, -0.2) is 4.79 Å². The molecule has 1 aromatic carbocycles. The fourth-order valence-corrected chi connectivity index (χ4v) is 2.41. The summed E-state index contributed by atoms with van der Waals surface area (Å²) in [7, 11) is 1.59. The van der Waals surface area contributed by atoms with Crippen molar-refractivity contribution in [2.45, 2.75) is 38.7 Å². The second kappa shape index (κ2) is 7.46. The molecule has 0 aliphatic carbocycles. The normalized spacial score (nSPS) is 12.6. The summed E-state index contributed by atoms with van der Waals surface area (Å²) in [4.78, 5) is 23.2. The monoisotopic (exact) mass is 348 g/mol. The van der Waals surface area contributed by atoms with Gasteiger partial charge in [-0.2, -0.15) is 0 Å². The molecule has 1 aromatic heterocycles. The van der Waals surface area contributed by atoms with Crippen LogP contribution < -0.4 is 15.8 Å². The van der Waals surface area contributed by atoms with Crippen LogP contribution in [0.4, 0.5) is 4.79 Å². The van der Waals surface area contributed by atoms with Gasteiger partial charge in [0.25, 0.3) is 0 Å². The largest absolute Gasteiger partial charge is 0.497 e. The summed E-state index contributed by atoms with van der Waals surface area (Å²) in [5, 5.41) is 3.50. The molecule has 0 aliphatic rings. The molecule has 7 nitrogen and oxygen atoms in total. The molecule has 2 aromatic rings. The van der Waals surface area contributed by atoms with Crippen molar-refractivity contribution in [1.29, 1.82) is 0 Å². The lowest BCUT2D eigenvalue weighted by molar-refractivity contribution is -0.118. The van der Waals surface area contributed by atoms with E-state index in [2.05, 4.69) is 5.32 Å². The van der Waals surface area contributed by atoms with E-state index in [1.165, 1.54) is 0 Å². The van der Waals surface area contributed by atoms with Crippen LogP contribution in [-0.4, -0.2) is 31.3 Å². The quantitative estimate of drug-likeness (QED) is 0.835. The molecule has 25 heavy (non-hydrogen) atoms. The van der Waals surface area contributed by atoms with Gasteiger partial charge in [0.05, 0.1) is 7.11 Å². The van der Waals surface area contributed by atoms with Gasteiger partial charge < -0.3 is 24.9 Å². The smallest absolute Gasteiger partial charge is 0.407 e. The molecule has 0 radical (unpaired) electrons. The first-order valence-electron chi connectivity index (χ1n) is 8.00. The maximum atomic E-state index is 11.8. The molecule has 0 saturated carbocycles. The van der Waals surface area contributed by atoms with Crippen molar-refractivity contribution in [3.8, 4) is 5.75 Å². The summed E-state index contributed by atoms with van der Waals surface area (Å²) in [5.74, 6) is 0.411. The standard InChI is InChI=1S/C18H24N2O5/c1-18(2,3)25-17(22)20-10-12(9-16(19)21)15-8-11-7-13(23-4)5-6-14(11)24-15/h5-8,12H,9-10H2,1-4H3,(H2,19,21)(H,20,22). The first kappa shape index (κ1) is 18.6. The lowest BCUT2D eigenvalue weighted by atomic mass is 10.0. The van der Waals surface area contributed by atoms with Gasteiger partial charge in [0.1, 0.15) is 22.7 Å². The van der Waals surface area contributed by atoms with Crippen LogP contribution in [0.5, 0.6) is 5.75 Å². The number of carbonyl (C=O) groups excluding carboxylic acids is 2. The Morgan fingerprint density at radius 3 is 2.60 bits per heavy atom. The van der Waals surface area contributed by atoms with E-state index in [9.17, 15) is 9.59 Å². The zero-order chi connectivity index (χ0) is 18.6. The highest BCUT2D eigenvalue weighted by Gasteiger charge is 2.22. The molecule has 0 fully saturated rings. The minimum Gasteiger partial charge on any atom is -0.497 e. The number of alkyl carbamates (subject to hydrolysis) is 1. The number of benzene rings is 1. The van der Waals surface area contributed by atoms with E-state index in [-0.39, 0.29) is 18.9 Å². The summed E-state index contributed by atoms with van der Waals surface area (Å²) in [6.07, 6.45) is -0.507. The number of nitrogens with two attached hydrogens (primary N) is 1. The highest BCUT2D eigenvalue weighted by Crippen LogP contribution is 2.29. The predicted molar refractivity (Wildman–Crippen MR) is 93.6 cm³/mol. The molecule has 3 N–H and O–H groups in total. The third-order valence-electron chi connectivity index (χ3n) is 3.48. The zero-order valence-corrected chi connectivity index (χ0v) is 14.9. The number of furan rings is 1. The maximum absolute atomic E-state index is 11.8. The van der Waals surface area contributed by atoms with Crippen molar-refractivity contribution < 1.29 is 23.5 Å². The van der Waals surface area contributed by atoms with Crippen LogP contribution in [0.1, 0.15) is 38.9 Å². The summed E-state index contributed by atoms with van der Waals surface area (Å²) in [6.45, 7) is 5.51. The van der Waals surface area contributed by atoms with Gasteiger partial charge in [-0.05, 0) is 45.0 Å². The van der Waals surface area contributed by atoms with Crippen molar-refractivity contribution in [3.63, 3.8) is 0 Å². The number of amides is 2. The average Bonchev–Trinajstić information content (AvgIpc) is 2.92. The lowest BCUT2D eigenvalue weighted by Gasteiger charge is -2.21. The minimum atomic E-state index is -0.598. The lowest BCUT2D eigenvalue weighted by Crippen LogP contribution is -2.35. The summed E-state index contributed by atoms with van der Waals surface area (Å²) in [5.41, 5.74) is 5.41. The zero-order valence-electron chi connectivity index (χ0n) is 14.9. The van der Waals surface area contributed by atoms with Gasteiger partial charge in [0, 0.05) is 24.3 Å². The first-order valence-corrected chi connectivity index (χ1v) is 8.00. The molecule has 1 unspecified atom stereocenters. The predicted octanol–water partition coefficient (Wildman–Crippen LogP) is 2.93. The van der Waals surface area contributed by atoms with Gasteiger partial charge in [0.2, 0.25) is 5.91 Å². The van der Waals surface area contributed by atoms with E-state index in [1.807, 2.05) is 12.1 Å². The van der Waals surface area contributed by atoms with Gasteiger partial charge in [-0.15, -0.1) is 0 Å². The number of hydrogen-bond acceptors (Lipinski definition) is 5. The topological polar surface area (TPSA) is 104 Å². The highest BCUT2D eigenvalue weighted by atomic mass is 16.6. The molecule has 0 aliphatic heterocycles. The van der Waals surface area contributed by atoms with Crippen LogP contribution in [0.2, 0.25) is 0 Å². The molecule has 1 atom stereocenters. The number of methoxy groups -OCH3 is 1. The molecule has 0 spiro atoms. The molecule has 0 saturated heterocycles. The molecular weight excluding hydrogens is 324 g/mol. The summed E-state index contributed by atoms with van der Waals surface area (Å²) < 4.78 is 16.2. The van der Waals surface area contributed by atoms with E-state index < -0.39 is 17.6 Å². The molecule has 2 rings (SSSR count). The second-order valence-corrected chi connectivity index (χ2v) is 6.80. The Hall–Kier alpha value is -2.70. The van der Waals surface area contributed by atoms with E-state index in [4.69, 9.17) is 19.6 Å². The average molecular weight is 348 g/mol. The third kappa shape index (κ3) is 5.41. The third-order valence-corrected chi connectivity index (χ3v) is 3.48. The minimum absolute atomic E-state index is 0.0484. The molecular formula is C18H24N2O5. The summed E-state index contributed by atoms with van der Waals surface area (Å²) in [6, 6.07) is 7.24. The number of fused-ring (bicyclic) bond motifs is 1. The van der Waals surface area contributed by atoms with Gasteiger partial charge in [-0.3, -0.25) is 4.79 Å². The van der Waals surface area contributed by atoms with Crippen molar-refractivity contribution >= 4 is 23.0 Å². The Balaban J connectivity index is 2.16. The van der Waals surface area contributed by atoms with Crippen LogP contribution in [0, 0.1) is 0 Å². The second-order valence-electron chi connectivity index (χ2n) is 6.80. The van der Waals surface area contributed by atoms with Crippen molar-refractivity contribution in [1.82, 2.24) is 5.32 Å². The molecule has 2 amide bonds. The number of hydrogen-bond donors (Lipinski definition) is 2. The van der Waals surface area contributed by atoms with Crippen molar-refractivity contribution in [3.05, 3.63) is 30.0 Å². The maximum Gasteiger partial charge on any atom is 0.407 e. The molecule has 7 heteroatoms. The van der Waals surface area contributed by atoms with Crippen LogP contribution in [0.25, 0.3) is 11.0 Å². The Morgan fingerprint density at radius 1 is 1.28 bits per heavy atom. The Morgan fingerprint density at radius 2 is 2.00 bits per heavy atom. The van der Waals surface area contributed by atoms with Crippen LogP contribution in [-0.2, 0) is 9.53 Å². The fourth-order valence-electron chi connectivity index (χ4n) is 2.41. The number of ether oxygens (including phenoxy) is 2. The number of carbonyl (C=O) groups is 2.